The van der Waals surface area contributed by atoms with Crippen molar-refractivity contribution in [3.63, 3.8) is 0 Å². The van der Waals surface area contributed by atoms with Gasteiger partial charge in [0, 0.05) is 6.07 Å². The van der Waals surface area contributed by atoms with Gasteiger partial charge in [0.05, 0.1) is 5.02 Å². The standard InChI is InChI=1S/C7H6ClFO2/c8-6-3-5(10)1-2-7(6)11-4-9/h1-3,10H,4H2. The van der Waals surface area contributed by atoms with E-state index in [0.29, 0.717) is 0 Å². The fourth-order valence-electron chi connectivity index (χ4n) is 0.666. The zero-order chi connectivity index (χ0) is 8.27. The lowest BCUT2D eigenvalue weighted by atomic mass is 10.3. The van der Waals surface area contributed by atoms with E-state index in [9.17, 15) is 4.39 Å². The quantitative estimate of drug-likeness (QED) is 0.750. The summed E-state index contributed by atoms with van der Waals surface area (Å²) in [7, 11) is 0. The summed E-state index contributed by atoms with van der Waals surface area (Å²) in [4.78, 5) is 0. The molecule has 1 aromatic rings. The van der Waals surface area contributed by atoms with Gasteiger partial charge < -0.3 is 9.84 Å². The number of hydrogen-bond acceptors (Lipinski definition) is 2. The molecule has 4 heteroatoms. The third-order valence-corrected chi connectivity index (χ3v) is 1.42. The molecule has 0 radical (unpaired) electrons. The van der Waals surface area contributed by atoms with Crippen LogP contribution in [0.2, 0.25) is 5.02 Å². The minimum Gasteiger partial charge on any atom is -0.508 e. The Morgan fingerprint density at radius 1 is 1.55 bits per heavy atom. The lowest BCUT2D eigenvalue weighted by Crippen LogP contribution is -1.89. The molecule has 0 aliphatic rings. The number of phenolic OH excluding ortho intramolecular Hbond substituents is 1. The second-order valence-corrected chi connectivity index (χ2v) is 2.28. The monoisotopic (exact) mass is 176 g/mol. The van der Waals surface area contributed by atoms with Crippen LogP contribution in [-0.2, 0) is 0 Å². The Morgan fingerprint density at radius 2 is 2.27 bits per heavy atom. The molecule has 0 bridgehead atoms. The van der Waals surface area contributed by atoms with Crippen molar-refractivity contribution in [3.8, 4) is 11.5 Å². The van der Waals surface area contributed by atoms with Crippen LogP contribution >= 0.6 is 11.6 Å². The number of ether oxygens (including phenoxy) is 1. The van der Waals surface area contributed by atoms with Gasteiger partial charge in [-0.25, -0.2) is 4.39 Å². The highest BCUT2D eigenvalue weighted by atomic mass is 35.5. The zero-order valence-electron chi connectivity index (χ0n) is 5.55. The maximum Gasteiger partial charge on any atom is 0.228 e. The molecule has 0 aromatic heterocycles. The number of benzene rings is 1. The van der Waals surface area contributed by atoms with Gasteiger partial charge in [0.1, 0.15) is 11.5 Å². The molecule has 0 aliphatic heterocycles. The molecule has 0 fully saturated rings. The normalized spacial score (nSPS) is 9.64. The summed E-state index contributed by atoms with van der Waals surface area (Å²) in [5.74, 6) is 0.258. The predicted octanol–water partition coefficient (Wildman–Crippen LogP) is 2.35. The average molecular weight is 177 g/mol. The smallest absolute Gasteiger partial charge is 0.228 e. The second-order valence-electron chi connectivity index (χ2n) is 1.87. The molecule has 1 rings (SSSR count). The van der Waals surface area contributed by atoms with Crippen LogP contribution in [0.25, 0.3) is 0 Å². The molecule has 0 amide bonds. The Hall–Kier alpha value is -0.960. The highest BCUT2D eigenvalue weighted by Gasteiger charge is 2.00. The molecular formula is C7H6ClFO2. The maximum atomic E-state index is 11.6. The molecule has 0 aliphatic carbocycles. The van der Waals surface area contributed by atoms with E-state index in [1.807, 2.05) is 0 Å². The van der Waals surface area contributed by atoms with E-state index in [4.69, 9.17) is 16.7 Å². The van der Waals surface area contributed by atoms with Gasteiger partial charge in [0.2, 0.25) is 6.86 Å². The van der Waals surface area contributed by atoms with Crippen LogP contribution in [0.1, 0.15) is 0 Å². The van der Waals surface area contributed by atoms with Crippen molar-refractivity contribution in [2.75, 3.05) is 6.86 Å². The molecule has 2 nitrogen and oxygen atoms in total. The average Bonchev–Trinajstić information content (AvgIpc) is 1.95. The maximum absolute atomic E-state index is 11.6. The van der Waals surface area contributed by atoms with E-state index in [-0.39, 0.29) is 16.5 Å². The van der Waals surface area contributed by atoms with Crippen molar-refractivity contribution < 1.29 is 14.2 Å². The Bertz CT molecular complexity index is 252. The van der Waals surface area contributed by atoms with Crippen LogP contribution in [-0.4, -0.2) is 12.0 Å². The predicted molar refractivity (Wildman–Crippen MR) is 39.7 cm³/mol. The highest BCUT2D eigenvalue weighted by molar-refractivity contribution is 6.32. The van der Waals surface area contributed by atoms with Crippen molar-refractivity contribution in [2.45, 2.75) is 0 Å². The van der Waals surface area contributed by atoms with Crippen LogP contribution in [0.5, 0.6) is 11.5 Å². The van der Waals surface area contributed by atoms with Crippen molar-refractivity contribution in [1.82, 2.24) is 0 Å². The fraction of sp³-hybridized carbons (Fsp3) is 0.143. The number of phenols is 1. The molecule has 0 spiro atoms. The number of rotatable bonds is 2. The third kappa shape index (κ3) is 1.98. The molecule has 11 heavy (non-hydrogen) atoms. The van der Waals surface area contributed by atoms with Gasteiger partial charge >= 0.3 is 0 Å². The largest absolute Gasteiger partial charge is 0.508 e. The number of hydrogen-bond donors (Lipinski definition) is 1. The van der Waals surface area contributed by atoms with Gasteiger partial charge in [-0.3, -0.25) is 0 Å². The summed E-state index contributed by atoms with van der Waals surface area (Å²) in [5, 5.41) is 9.07. The van der Waals surface area contributed by atoms with Gasteiger partial charge in [-0.05, 0) is 12.1 Å². The Labute approximate surface area is 68.2 Å². The number of aromatic hydroxyl groups is 1. The van der Waals surface area contributed by atoms with Crippen LogP contribution in [0.3, 0.4) is 0 Å². The van der Waals surface area contributed by atoms with E-state index in [2.05, 4.69) is 4.74 Å². The molecule has 0 saturated heterocycles. The summed E-state index contributed by atoms with van der Waals surface area (Å²) >= 11 is 5.56. The van der Waals surface area contributed by atoms with E-state index < -0.39 is 6.86 Å². The van der Waals surface area contributed by atoms with Gasteiger partial charge in [-0.2, -0.15) is 0 Å². The first-order chi connectivity index (χ1) is 5.24. The lowest BCUT2D eigenvalue weighted by molar-refractivity contribution is 0.191. The molecule has 60 valence electrons. The first-order valence-electron chi connectivity index (χ1n) is 2.91. The van der Waals surface area contributed by atoms with Crippen molar-refractivity contribution in [1.29, 1.82) is 0 Å². The number of alkyl halides is 1. The Balaban J connectivity index is 2.90. The summed E-state index contributed by atoms with van der Waals surface area (Å²) < 4.78 is 16.1. The molecule has 0 heterocycles. The summed E-state index contributed by atoms with van der Waals surface area (Å²) in [5.41, 5.74) is 0. The zero-order valence-corrected chi connectivity index (χ0v) is 6.31. The van der Waals surface area contributed by atoms with E-state index >= 15 is 0 Å². The summed E-state index contributed by atoms with van der Waals surface area (Å²) in [6.45, 7) is -0.926. The van der Waals surface area contributed by atoms with Crippen molar-refractivity contribution in [2.24, 2.45) is 0 Å². The lowest BCUT2D eigenvalue weighted by Gasteiger charge is -2.02. The first kappa shape index (κ1) is 8.14. The van der Waals surface area contributed by atoms with Crippen LogP contribution < -0.4 is 4.74 Å². The van der Waals surface area contributed by atoms with E-state index in [1.165, 1.54) is 18.2 Å². The summed E-state index contributed by atoms with van der Waals surface area (Å²) in [6, 6.07) is 4.06. The Morgan fingerprint density at radius 3 is 2.82 bits per heavy atom. The van der Waals surface area contributed by atoms with E-state index in [1.54, 1.807) is 0 Å². The van der Waals surface area contributed by atoms with Crippen LogP contribution in [0.15, 0.2) is 18.2 Å². The molecule has 0 saturated carbocycles. The second kappa shape index (κ2) is 3.44. The third-order valence-electron chi connectivity index (χ3n) is 1.13. The van der Waals surface area contributed by atoms with Gasteiger partial charge in [-0.1, -0.05) is 11.6 Å². The molecular weight excluding hydrogens is 171 g/mol. The first-order valence-corrected chi connectivity index (χ1v) is 3.29. The summed E-state index contributed by atoms with van der Waals surface area (Å²) in [6.07, 6.45) is 0. The van der Waals surface area contributed by atoms with Crippen LogP contribution in [0.4, 0.5) is 4.39 Å². The van der Waals surface area contributed by atoms with Gasteiger partial charge in [0.15, 0.2) is 0 Å². The molecule has 1 N–H and O–H groups in total. The topological polar surface area (TPSA) is 29.5 Å². The SMILES string of the molecule is Oc1ccc(OCF)c(Cl)c1. The number of halogens is 2. The minimum absolute atomic E-state index is 0.0289. The highest BCUT2D eigenvalue weighted by Crippen LogP contribution is 2.27. The van der Waals surface area contributed by atoms with Crippen LogP contribution in [0, 0.1) is 0 Å². The van der Waals surface area contributed by atoms with Gasteiger partial charge in [-0.15, -0.1) is 0 Å². The molecule has 0 atom stereocenters. The van der Waals surface area contributed by atoms with Crippen molar-refractivity contribution in [3.05, 3.63) is 23.2 Å². The molecule has 0 unspecified atom stereocenters. The molecule has 1 aromatic carbocycles. The van der Waals surface area contributed by atoms with Gasteiger partial charge in [0.25, 0.3) is 0 Å². The van der Waals surface area contributed by atoms with Crippen molar-refractivity contribution >= 4 is 11.6 Å². The minimum atomic E-state index is -0.926. The van der Waals surface area contributed by atoms with E-state index in [0.717, 1.165) is 0 Å². The fourth-order valence-corrected chi connectivity index (χ4v) is 0.895. The Kier molecular flexibility index (Phi) is 2.54.